The van der Waals surface area contributed by atoms with E-state index in [4.69, 9.17) is 0 Å². The van der Waals surface area contributed by atoms with Crippen molar-refractivity contribution in [3.05, 3.63) is 41.9 Å². The van der Waals surface area contributed by atoms with Gasteiger partial charge in [0, 0.05) is 17.8 Å². The molecule has 0 fully saturated rings. The van der Waals surface area contributed by atoms with Crippen molar-refractivity contribution in [3.63, 3.8) is 0 Å². The molecule has 0 saturated heterocycles. The average Bonchev–Trinajstić information content (AvgIpc) is 2.72. The van der Waals surface area contributed by atoms with Gasteiger partial charge in [0.1, 0.15) is 17.5 Å². The Kier molecular flexibility index (Phi) is 3.58. The zero-order valence-electron chi connectivity index (χ0n) is 8.77. The highest BCUT2D eigenvalue weighted by Crippen LogP contribution is 2.12. The monoisotopic (exact) mass is 256 g/mol. The first kappa shape index (κ1) is 11.8. The maximum Gasteiger partial charge on any atom is 0.149 e. The second kappa shape index (κ2) is 5.13. The maximum absolute atomic E-state index is 13.3. The van der Waals surface area contributed by atoms with Crippen molar-refractivity contribution < 1.29 is 8.78 Å². The molecule has 90 valence electrons. The fraction of sp³-hybridized carbons (Fsp3) is 0.200. The zero-order chi connectivity index (χ0) is 12.3. The van der Waals surface area contributed by atoms with Gasteiger partial charge in [-0.25, -0.2) is 8.78 Å². The summed E-state index contributed by atoms with van der Waals surface area (Å²) in [7, 11) is 0. The number of nitrogens with zero attached hydrogens (tertiary/aromatic N) is 3. The Morgan fingerprint density at radius 2 is 2.00 bits per heavy atom. The first-order valence-electron chi connectivity index (χ1n) is 4.87. The number of rotatable bonds is 4. The van der Waals surface area contributed by atoms with E-state index in [0.29, 0.717) is 11.7 Å². The van der Waals surface area contributed by atoms with Crippen molar-refractivity contribution in [2.75, 3.05) is 11.2 Å². The molecule has 2 aromatic rings. The third kappa shape index (κ3) is 2.73. The van der Waals surface area contributed by atoms with Crippen molar-refractivity contribution in [2.45, 2.75) is 6.54 Å². The van der Waals surface area contributed by atoms with Gasteiger partial charge >= 0.3 is 0 Å². The van der Waals surface area contributed by atoms with Gasteiger partial charge in [0.05, 0.1) is 24.8 Å². The Hall–Kier alpha value is -1.63. The molecule has 0 bridgehead atoms. The maximum atomic E-state index is 13.3. The molecular formula is C10H10F2N4S. The highest BCUT2D eigenvalue weighted by atomic mass is 32.1. The van der Waals surface area contributed by atoms with E-state index in [0.717, 1.165) is 12.4 Å². The van der Waals surface area contributed by atoms with E-state index < -0.39 is 11.6 Å². The summed E-state index contributed by atoms with van der Waals surface area (Å²) in [4.78, 5) is 3.42. The number of hydrogen-bond acceptors (Lipinski definition) is 4. The molecule has 2 aromatic heterocycles. The summed E-state index contributed by atoms with van der Waals surface area (Å²) in [6.45, 7) is 0.0223. The summed E-state index contributed by atoms with van der Waals surface area (Å²) in [6, 6.07) is 1.70. The number of nitrogens with one attached hydrogen (secondary N) is 1. The Morgan fingerprint density at radius 1 is 1.29 bits per heavy atom. The minimum atomic E-state index is -0.677. The lowest BCUT2D eigenvalue weighted by molar-refractivity contribution is 0.525. The van der Waals surface area contributed by atoms with Crippen LogP contribution in [0.15, 0.2) is 24.7 Å². The van der Waals surface area contributed by atoms with Crippen LogP contribution in [0.3, 0.4) is 0 Å². The Morgan fingerprint density at radius 3 is 2.65 bits per heavy atom. The molecule has 0 radical (unpaired) electrons. The molecular weight excluding hydrogens is 246 g/mol. The van der Waals surface area contributed by atoms with Crippen molar-refractivity contribution in [1.82, 2.24) is 14.8 Å². The predicted molar refractivity (Wildman–Crippen MR) is 63.0 cm³/mol. The first-order valence-corrected chi connectivity index (χ1v) is 5.50. The fourth-order valence-corrected chi connectivity index (χ4v) is 1.54. The van der Waals surface area contributed by atoms with Gasteiger partial charge in [0.25, 0.3) is 0 Å². The van der Waals surface area contributed by atoms with E-state index in [1.807, 2.05) is 0 Å². The van der Waals surface area contributed by atoms with Crippen LogP contribution in [0, 0.1) is 11.6 Å². The number of thiol groups is 1. The predicted octanol–water partition coefficient (Wildman–Crippen LogP) is 1.90. The highest BCUT2D eigenvalue weighted by molar-refractivity contribution is 7.80. The largest absolute Gasteiger partial charge is 0.360 e. The van der Waals surface area contributed by atoms with Gasteiger partial charge in [-0.2, -0.15) is 17.7 Å². The summed E-state index contributed by atoms with van der Waals surface area (Å²) in [5.41, 5.74) is -0.0551. The topological polar surface area (TPSA) is 42.7 Å². The molecule has 0 aliphatic carbocycles. The smallest absolute Gasteiger partial charge is 0.149 e. The second-order valence-corrected chi connectivity index (χ2v) is 3.63. The third-order valence-electron chi connectivity index (χ3n) is 2.17. The quantitative estimate of drug-likeness (QED) is 0.648. The summed E-state index contributed by atoms with van der Waals surface area (Å²) in [6.07, 6.45) is 3.59. The van der Waals surface area contributed by atoms with Crippen molar-refractivity contribution >= 4 is 18.4 Å². The molecule has 7 heteroatoms. The molecule has 0 saturated carbocycles. The third-order valence-corrected chi connectivity index (χ3v) is 2.33. The van der Waals surface area contributed by atoms with Gasteiger partial charge in [-0.1, -0.05) is 0 Å². The average molecular weight is 256 g/mol. The first-order chi connectivity index (χ1) is 8.20. The van der Waals surface area contributed by atoms with Crippen LogP contribution in [0.4, 0.5) is 14.6 Å². The van der Waals surface area contributed by atoms with Crippen molar-refractivity contribution in [1.29, 1.82) is 0 Å². The molecule has 0 unspecified atom stereocenters. The van der Waals surface area contributed by atoms with E-state index in [9.17, 15) is 8.78 Å². The van der Waals surface area contributed by atoms with Gasteiger partial charge in [0.15, 0.2) is 0 Å². The Balaban J connectivity index is 2.19. The molecule has 2 rings (SSSR count). The van der Waals surface area contributed by atoms with Crippen LogP contribution in [-0.4, -0.2) is 20.6 Å². The minimum Gasteiger partial charge on any atom is -0.360 e. The Labute approximate surface area is 102 Å². The number of aromatic nitrogens is 3. The lowest BCUT2D eigenvalue weighted by Gasteiger charge is -2.04. The normalized spacial score (nSPS) is 10.5. The van der Waals surface area contributed by atoms with Crippen LogP contribution in [0.2, 0.25) is 0 Å². The van der Waals surface area contributed by atoms with Gasteiger partial charge < -0.3 is 5.32 Å². The molecule has 0 aliphatic heterocycles. The van der Waals surface area contributed by atoms with Crippen LogP contribution < -0.4 is 5.32 Å². The summed E-state index contributed by atoms with van der Waals surface area (Å²) >= 11 is 3.98. The van der Waals surface area contributed by atoms with Crippen LogP contribution >= 0.6 is 12.6 Å². The van der Waals surface area contributed by atoms with Crippen LogP contribution in [-0.2, 0) is 6.54 Å². The van der Waals surface area contributed by atoms with Gasteiger partial charge in [-0.3, -0.25) is 9.67 Å². The molecule has 4 nitrogen and oxygen atoms in total. The van der Waals surface area contributed by atoms with Gasteiger partial charge in [-0.15, -0.1) is 0 Å². The standard InChI is InChI=1S/C10H10F2N4S/c11-8-3-13-4-9(12)7(8)5-16-2-1-10(15-16)14-6-17/h1-4,17H,5-6H2,(H,14,15). The van der Waals surface area contributed by atoms with Crippen molar-refractivity contribution in [3.8, 4) is 0 Å². The lowest BCUT2D eigenvalue weighted by atomic mass is 10.2. The van der Waals surface area contributed by atoms with Crippen LogP contribution in [0.25, 0.3) is 0 Å². The number of hydrogen-bond donors (Lipinski definition) is 2. The zero-order valence-corrected chi connectivity index (χ0v) is 9.66. The molecule has 0 amide bonds. The highest BCUT2D eigenvalue weighted by Gasteiger charge is 2.10. The van der Waals surface area contributed by atoms with E-state index >= 15 is 0 Å². The van der Waals surface area contributed by atoms with Gasteiger partial charge in [0.2, 0.25) is 0 Å². The summed E-state index contributed by atoms with van der Waals surface area (Å²) in [5, 5.41) is 6.96. The molecule has 0 atom stereocenters. The van der Waals surface area contributed by atoms with E-state index in [-0.39, 0.29) is 12.1 Å². The number of pyridine rings is 1. The van der Waals surface area contributed by atoms with Crippen LogP contribution in [0.1, 0.15) is 5.56 Å². The number of anilines is 1. The van der Waals surface area contributed by atoms with Crippen molar-refractivity contribution in [2.24, 2.45) is 0 Å². The molecule has 0 aromatic carbocycles. The summed E-state index contributed by atoms with van der Waals surface area (Å²) in [5.74, 6) is -0.307. The second-order valence-electron chi connectivity index (χ2n) is 3.32. The molecule has 0 spiro atoms. The van der Waals surface area contributed by atoms with Crippen LogP contribution in [0.5, 0.6) is 0 Å². The number of halogens is 2. The summed E-state index contributed by atoms with van der Waals surface area (Å²) < 4.78 is 28.1. The SMILES string of the molecule is Fc1cncc(F)c1Cn1ccc(NCS)n1. The van der Waals surface area contributed by atoms with E-state index in [2.05, 4.69) is 28.0 Å². The van der Waals surface area contributed by atoms with E-state index in [1.165, 1.54) is 4.68 Å². The molecule has 1 N–H and O–H groups in total. The van der Waals surface area contributed by atoms with Gasteiger partial charge in [-0.05, 0) is 0 Å². The van der Waals surface area contributed by atoms with E-state index in [1.54, 1.807) is 12.3 Å². The minimum absolute atomic E-state index is 0.0223. The fourth-order valence-electron chi connectivity index (χ4n) is 1.38. The molecule has 0 aliphatic rings. The molecule has 17 heavy (non-hydrogen) atoms. The lowest BCUT2D eigenvalue weighted by Crippen LogP contribution is -2.06. The molecule has 2 heterocycles. The Bertz CT molecular complexity index is 495.